The Bertz CT molecular complexity index is 555. The minimum atomic E-state index is -1.32. The monoisotopic (exact) mass is 298 g/mol. The van der Waals surface area contributed by atoms with E-state index in [9.17, 15) is 23.5 Å². The van der Waals surface area contributed by atoms with Crippen LogP contribution in [-0.2, 0) is 11.3 Å². The third kappa shape index (κ3) is 3.68. The fraction of sp³-hybridized carbons (Fsp3) is 0.429. The van der Waals surface area contributed by atoms with Crippen LogP contribution in [0.15, 0.2) is 18.2 Å². The van der Waals surface area contributed by atoms with Gasteiger partial charge in [-0.15, -0.1) is 0 Å². The molecule has 1 saturated carbocycles. The molecule has 0 aliphatic heterocycles. The van der Waals surface area contributed by atoms with Gasteiger partial charge < -0.3 is 15.7 Å². The number of benzene rings is 1. The van der Waals surface area contributed by atoms with E-state index >= 15 is 0 Å². The van der Waals surface area contributed by atoms with Gasteiger partial charge in [0.1, 0.15) is 17.2 Å². The maximum absolute atomic E-state index is 13.0. The number of carbonyl (C=O) groups is 2. The Balaban J connectivity index is 1.94. The molecule has 21 heavy (non-hydrogen) atoms. The number of amides is 2. The van der Waals surface area contributed by atoms with Crippen LogP contribution in [0.3, 0.4) is 0 Å². The molecule has 0 aromatic heterocycles. The lowest BCUT2D eigenvalue weighted by Gasteiger charge is -2.26. The van der Waals surface area contributed by atoms with Crippen LogP contribution < -0.4 is 10.6 Å². The van der Waals surface area contributed by atoms with Crippen molar-refractivity contribution in [1.29, 1.82) is 0 Å². The number of urea groups is 1. The molecule has 0 spiro atoms. The Kier molecular flexibility index (Phi) is 4.11. The van der Waals surface area contributed by atoms with Crippen LogP contribution >= 0.6 is 0 Å². The molecule has 1 unspecified atom stereocenters. The lowest BCUT2D eigenvalue weighted by molar-refractivity contribution is -0.144. The fourth-order valence-electron chi connectivity index (χ4n) is 2.17. The summed E-state index contributed by atoms with van der Waals surface area (Å²) in [4.78, 5) is 23.0. The van der Waals surface area contributed by atoms with Crippen LogP contribution in [0.5, 0.6) is 0 Å². The van der Waals surface area contributed by atoms with E-state index < -0.39 is 29.2 Å². The molecule has 0 heterocycles. The van der Waals surface area contributed by atoms with Crippen molar-refractivity contribution in [3.05, 3.63) is 35.4 Å². The van der Waals surface area contributed by atoms with Crippen molar-refractivity contribution in [3.63, 3.8) is 0 Å². The van der Waals surface area contributed by atoms with Gasteiger partial charge in [-0.3, -0.25) is 0 Å². The average molecular weight is 298 g/mol. The van der Waals surface area contributed by atoms with E-state index in [0.29, 0.717) is 0 Å². The van der Waals surface area contributed by atoms with E-state index in [0.717, 1.165) is 31.0 Å². The number of nitrogens with one attached hydrogen (secondary N) is 2. The molecule has 1 aromatic carbocycles. The Morgan fingerprint density at radius 2 is 1.86 bits per heavy atom. The number of hydrogen-bond acceptors (Lipinski definition) is 2. The van der Waals surface area contributed by atoms with Gasteiger partial charge in [0.2, 0.25) is 0 Å². The van der Waals surface area contributed by atoms with Crippen molar-refractivity contribution in [2.24, 2.45) is 5.92 Å². The van der Waals surface area contributed by atoms with Gasteiger partial charge in [-0.25, -0.2) is 18.4 Å². The Hall–Kier alpha value is -2.18. The van der Waals surface area contributed by atoms with Gasteiger partial charge in [-0.05, 0) is 43.4 Å². The quantitative estimate of drug-likeness (QED) is 0.778. The largest absolute Gasteiger partial charge is 0.480 e. The smallest absolute Gasteiger partial charge is 0.329 e. The Labute approximate surface area is 120 Å². The van der Waals surface area contributed by atoms with Gasteiger partial charge in [0.15, 0.2) is 0 Å². The molecule has 1 fully saturated rings. The second-order valence-corrected chi connectivity index (χ2v) is 5.37. The zero-order chi connectivity index (χ0) is 15.6. The van der Waals surface area contributed by atoms with Crippen LogP contribution in [0.4, 0.5) is 13.6 Å². The molecule has 3 N–H and O–H groups in total. The number of carbonyl (C=O) groups excluding carboxylic acids is 1. The zero-order valence-corrected chi connectivity index (χ0v) is 11.5. The van der Waals surface area contributed by atoms with E-state index in [4.69, 9.17) is 0 Å². The molecule has 2 amide bonds. The van der Waals surface area contributed by atoms with Gasteiger partial charge in [0.25, 0.3) is 0 Å². The molecule has 1 aliphatic rings. The third-order valence-corrected chi connectivity index (χ3v) is 3.59. The lowest BCUT2D eigenvalue weighted by Crippen LogP contribution is -2.56. The van der Waals surface area contributed by atoms with E-state index in [1.807, 2.05) is 0 Å². The first-order valence-corrected chi connectivity index (χ1v) is 6.55. The van der Waals surface area contributed by atoms with E-state index in [-0.39, 0.29) is 18.0 Å². The van der Waals surface area contributed by atoms with E-state index in [2.05, 4.69) is 10.6 Å². The van der Waals surface area contributed by atoms with Crippen LogP contribution in [-0.4, -0.2) is 22.6 Å². The Morgan fingerprint density at radius 1 is 1.29 bits per heavy atom. The second-order valence-electron chi connectivity index (χ2n) is 5.37. The summed E-state index contributed by atoms with van der Waals surface area (Å²) in [5, 5.41) is 14.0. The maximum Gasteiger partial charge on any atom is 0.329 e. The molecule has 5 nitrogen and oxygen atoms in total. The zero-order valence-electron chi connectivity index (χ0n) is 11.5. The summed E-state index contributed by atoms with van der Waals surface area (Å²) >= 11 is 0. The van der Waals surface area contributed by atoms with E-state index in [1.165, 1.54) is 6.92 Å². The highest BCUT2D eigenvalue weighted by Gasteiger charge is 2.48. The van der Waals surface area contributed by atoms with Crippen molar-refractivity contribution < 1.29 is 23.5 Å². The minimum absolute atomic E-state index is 0.0904. The number of hydrogen-bond donors (Lipinski definition) is 3. The molecule has 1 aliphatic carbocycles. The van der Waals surface area contributed by atoms with Crippen LogP contribution in [0.1, 0.15) is 25.3 Å². The third-order valence-electron chi connectivity index (χ3n) is 3.59. The molecular weight excluding hydrogens is 282 g/mol. The highest BCUT2D eigenvalue weighted by atomic mass is 19.1. The molecule has 0 radical (unpaired) electrons. The van der Waals surface area contributed by atoms with Crippen molar-refractivity contribution >= 4 is 12.0 Å². The van der Waals surface area contributed by atoms with Crippen molar-refractivity contribution in [1.82, 2.24) is 10.6 Å². The van der Waals surface area contributed by atoms with E-state index in [1.54, 1.807) is 0 Å². The molecule has 2 rings (SSSR count). The summed E-state index contributed by atoms with van der Waals surface area (Å²) in [7, 11) is 0. The van der Waals surface area contributed by atoms with Crippen LogP contribution in [0.25, 0.3) is 0 Å². The van der Waals surface area contributed by atoms with Crippen LogP contribution in [0.2, 0.25) is 0 Å². The first kappa shape index (κ1) is 15.2. The summed E-state index contributed by atoms with van der Waals surface area (Å²) in [6.07, 6.45) is 1.50. The number of carboxylic acids is 1. The normalized spacial score (nSPS) is 16.9. The highest BCUT2D eigenvalue weighted by Crippen LogP contribution is 2.39. The summed E-state index contributed by atoms with van der Waals surface area (Å²) < 4.78 is 26.0. The molecule has 114 valence electrons. The second kappa shape index (κ2) is 5.67. The first-order valence-electron chi connectivity index (χ1n) is 6.55. The van der Waals surface area contributed by atoms with Crippen molar-refractivity contribution in [3.8, 4) is 0 Å². The average Bonchev–Trinajstić information content (AvgIpc) is 3.19. The van der Waals surface area contributed by atoms with Gasteiger partial charge in [0.05, 0.1) is 0 Å². The lowest BCUT2D eigenvalue weighted by atomic mass is 9.96. The predicted molar refractivity (Wildman–Crippen MR) is 70.5 cm³/mol. The molecule has 7 heteroatoms. The number of halogens is 2. The SMILES string of the molecule is CC(NC(=O)NCc1cc(F)cc(F)c1)(C(=O)O)C1CC1. The standard InChI is InChI=1S/C14H16F2N2O3/c1-14(12(19)20,9-2-3-9)18-13(21)17-7-8-4-10(15)6-11(16)5-8/h4-6,9H,2-3,7H2,1H3,(H,19,20)(H2,17,18,21). The minimum Gasteiger partial charge on any atom is -0.480 e. The van der Waals surface area contributed by atoms with Gasteiger partial charge in [-0.1, -0.05) is 0 Å². The van der Waals surface area contributed by atoms with Gasteiger partial charge in [0, 0.05) is 12.6 Å². The molecule has 1 aromatic rings. The number of carboxylic acid groups (broad SMARTS) is 1. The first-order chi connectivity index (χ1) is 9.81. The molecule has 0 bridgehead atoms. The topological polar surface area (TPSA) is 78.4 Å². The van der Waals surface area contributed by atoms with Crippen molar-refractivity contribution in [2.75, 3.05) is 0 Å². The molecular formula is C14H16F2N2O3. The summed E-state index contributed by atoms with van der Waals surface area (Å²) in [6.45, 7) is 1.36. The summed E-state index contributed by atoms with van der Waals surface area (Å²) in [5.41, 5.74) is -1.07. The fourth-order valence-corrected chi connectivity index (χ4v) is 2.17. The summed E-state index contributed by atoms with van der Waals surface area (Å²) in [6, 6.07) is 2.25. The number of aliphatic carboxylic acids is 1. The highest BCUT2D eigenvalue weighted by molar-refractivity contribution is 5.86. The van der Waals surface area contributed by atoms with Crippen molar-refractivity contribution in [2.45, 2.75) is 31.8 Å². The molecule has 1 atom stereocenters. The predicted octanol–water partition coefficient (Wildman–Crippen LogP) is 2.02. The maximum atomic E-state index is 13.0. The van der Waals surface area contributed by atoms with Gasteiger partial charge in [-0.2, -0.15) is 0 Å². The van der Waals surface area contributed by atoms with Gasteiger partial charge >= 0.3 is 12.0 Å². The Morgan fingerprint density at radius 3 is 2.33 bits per heavy atom. The summed E-state index contributed by atoms with van der Waals surface area (Å²) in [5.74, 6) is -2.66. The van der Waals surface area contributed by atoms with Crippen LogP contribution in [0, 0.1) is 17.6 Å². The molecule has 0 saturated heterocycles. The number of rotatable bonds is 5.